The van der Waals surface area contributed by atoms with E-state index in [0.29, 0.717) is 5.56 Å². The quantitative estimate of drug-likeness (QED) is 0.751. The molecular formula is C13H17NO. The highest BCUT2D eigenvalue weighted by atomic mass is 16.5. The third kappa shape index (κ3) is 2.99. The maximum absolute atomic E-state index is 8.80. The smallest absolute Gasteiger partial charge is 0.123 e. The van der Waals surface area contributed by atoms with Gasteiger partial charge in [0.05, 0.1) is 17.7 Å². The number of hydrogen-bond acceptors (Lipinski definition) is 2. The number of nitrogens with zero attached hydrogens (tertiary/aromatic N) is 1. The van der Waals surface area contributed by atoms with Crippen LogP contribution in [0.25, 0.3) is 0 Å². The Balaban J connectivity index is 2.88. The van der Waals surface area contributed by atoms with Gasteiger partial charge in [-0.2, -0.15) is 5.26 Å². The van der Waals surface area contributed by atoms with E-state index in [1.165, 1.54) is 0 Å². The van der Waals surface area contributed by atoms with Crippen molar-refractivity contribution in [1.82, 2.24) is 0 Å². The second kappa shape index (κ2) is 5.41. The standard InChI is InChI=1S/C13H17NO/c1-4-12(5-2)15-13-8-11(9-14)7-6-10(13)3/h6-8,12H,4-5H2,1-3H3. The monoisotopic (exact) mass is 203 g/mol. The van der Waals surface area contributed by atoms with Crippen LogP contribution in [-0.4, -0.2) is 6.10 Å². The normalized spacial score (nSPS) is 10.1. The molecular weight excluding hydrogens is 186 g/mol. The predicted octanol–water partition coefficient (Wildman–Crippen LogP) is 3.43. The second-order valence-electron chi connectivity index (χ2n) is 3.65. The molecule has 0 spiro atoms. The first kappa shape index (κ1) is 11.6. The number of nitriles is 1. The van der Waals surface area contributed by atoms with Crippen molar-refractivity contribution in [2.75, 3.05) is 0 Å². The molecule has 0 aliphatic carbocycles. The maximum atomic E-state index is 8.80. The average Bonchev–Trinajstić information content (AvgIpc) is 2.28. The molecule has 80 valence electrons. The molecule has 0 radical (unpaired) electrons. The summed E-state index contributed by atoms with van der Waals surface area (Å²) in [5.74, 6) is 0.836. The van der Waals surface area contributed by atoms with Crippen LogP contribution in [0.5, 0.6) is 5.75 Å². The van der Waals surface area contributed by atoms with Crippen molar-refractivity contribution in [2.24, 2.45) is 0 Å². The molecule has 2 nitrogen and oxygen atoms in total. The Labute approximate surface area is 91.5 Å². The van der Waals surface area contributed by atoms with E-state index in [9.17, 15) is 0 Å². The lowest BCUT2D eigenvalue weighted by Crippen LogP contribution is -2.14. The summed E-state index contributed by atoms with van der Waals surface area (Å²) in [6, 6.07) is 7.68. The van der Waals surface area contributed by atoms with Gasteiger partial charge in [0.25, 0.3) is 0 Å². The molecule has 1 aromatic carbocycles. The van der Waals surface area contributed by atoms with Crippen molar-refractivity contribution in [3.05, 3.63) is 29.3 Å². The summed E-state index contributed by atoms with van der Waals surface area (Å²) in [6.07, 6.45) is 2.23. The van der Waals surface area contributed by atoms with Gasteiger partial charge in [0.2, 0.25) is 0 Å². The molecule has 0 saturated heterocycles. The van der Waals surface area contributed by atoms with Gasteiger partial charge in [-0.15, -0.1) is 0 Å². The van der Waals surface area contributed by atoms with Crippen LogP contribution in [0.15, 0.2) is 18.2 Å². The molecule has 0 saturated carbocycles. The van der Waals surface area contributed by atoms with Crippen LogP contribution >= 0.6 is 0 Å². The van der Waals surface area contributed by atoms with Gasteiger partial charge >= 0.3 is 0 Å². The molecule has 0 fully saturated rings. The highest BCUT2D eigenvalue weighted by Gasteiger charge is 2.07. The molecule has 15 heavy (non-hydrogen) atoms. The van der Waals surface area contributed by atoms with Crippen molar-refractivity contribution in [1.29, 1.82) is 5.26 Å². The molecule has 0 unspecified atom stereocenters. The first-order valence-electron chi connectivity index (χ1n) is 5.38. The molecule has 0 N–H and O–H groups in total. The Morgan fingerprint density at radius 1 is 1.33 bits per heavy atom. The number of rotatable bonds is 4. The van der Waals surface area contributed by atoms with E-state index in [0.717, 1.165) is 24.2 Å². The van der Waals surface area contributed by atoms with Gasteiger partial charge in [-0.25, -0.2) is 0 Å². The minimum Gasteiger partial charge on any atom is -0.490 e. The topological polar surface area (TPSA) is 33.0 Å². The van der Waals surface area contributed by atoms with Gasteiger partial charge in [0.1, 0.15) is 5.75 Å². The van der Waals surface area contributed by atoms with E-state index in [1.54, 1.807) is 0 Å². The van der Waals surface area contributed by atoms with Crippen LogP contribution in [0.1, 0.15) is 37.8 Å². The van der Waals surface area contributed by atoms with Crippen LogP contribution in [0, 0.1) is 18.3 Å². The molecule has 0 aliphatic rings. The first-order chi connectivity index (χ1) is 7.21. The minimum atomic E-state index is 0.248. The Kier molecular flexibility index (Phi) is 4.17. The zero-order chi connectivity index (χ0) is 11.3. The van der Waals surface area contributed by atoms with Gasteiger partial charge in [-0.1, -0.05) is 19.9 Å². The molecule has 0 aliphatic heterocycles. The Hall–Kier alpha value is -1.49. The van der Waals surface area contributed by atoms with E-state index >= 15 is 0 Å². The Bertz CT molecular complexity index is 361. The zero-order valence-corrected chi connectivity index (χ0v) is 9.58. The minimum absolute atomic E-state index is 0.248. The Morgan fingerprint density at radius 2 is 2.00 bits per heavy atom. The highest BCUT2D eigenvalue weighted by Crippen LogP contribution is 2.21. The summed E-state index contributed by atoms with van der Waals surface area (Å²) in [5.41, 5.74) is 1.74. The number of ether oxygens (including phenoxy) is 1. The van der Waals surface area contributed by atoms with Crippen molar-refractivity contribution >= 4 is 0 Å². The lowest BCUT2D eigenvalue weighted by atomic mass is 10.1. The van der Waals surface area contributed by atoms with Gasteiger partial charge < -0.3 is 4.74 Å². The molecule has 1 rings (SSSR count). The fourth-order valence-electron chi connectivity index (χ4n) is 1.43. The van der Waals surface area contributed by atoms with Gasteiger partial charge in [-0.3, -0.25) is 0 Å². The third-order valence-corrected chi connectivity index (χ3v) is 2.52. The number of benzene rings is 1. The van der Waals surface area contributed by atoms with Crippen molar-refractivity contribution in [3.63, 3.8) is 0 Å². The average molecular weight is 203 g/mol. The van der Waals surface area contributed by atoms with E-state index in [-0.39, 0.29) is 6.10 Å². The van der Waals surface area contributed by atoms with E-state index in [2.05, 4.69) is 19.9 Å². The van der Waals surface area contributed by atoms with E-state index in [1.807, 2.05) is 25.1 Å². The van der Waals surface area contributed by atoms with Gasteiger partial charge in [-0.05, 0) is 37.5 Å². The van der Waals surface area contributed by atoms with Crippen LogP contribution in [-0.2, 0) is 0 Å². The second-order valence-corrected chi connectivity index (χ2v) is 3.65. The molecule has 0 heterocycles. The van der Waals surface area contributed by atoms with Gasteiger partial charge in [0.15, 0.2) is 0 Å². The molecule has 0 aromatic heterocycles. The maximum Gasteiger partial charge on any atom is 0.123 e. The molecule has 0 bridgehead atoms. The third-order valence-electron chi connectivity index (χ3n) is 2.52. The summed E-state index contributed by atoms with van der Waals surface area (Å²) >= 11 is 0. The lowest BCUT2D eigenvalue weighted by Gasteiger charge is -2.17. The van der Waals surface area contributed by atoms with Crippen LogP contribution in [0.4, 0.5) is 0 Å². The number of aryl methyl sites for hydroxylation is 1. The summed E-state index contributed by atoms with van der Waals surface area (Å²) in [6.45, 7) is 6.22. The SMILES string of the molecule is CCC(CC)Oc1cc(C#N)ccc1C. The zero-order valence-electron chi connectivity index (χ0n) is 9.58. The predicted molar refractivity (Wildman–Crippen MR) is 60.9 cm³/mol. The number of hydrogen-bond donors (Lipinski definition) is 0. The molecule has 1 aromatic rings. The van der Waals surface area contributed by atoms with E-state index in [4.69, 9.17) is 10.00 Å². The van der Waals surface area contributed by atoms with E-state index < -0.39 is 0 Å². The molecule has 2 heteroatoms. The fourth-order valence-corrected chi connectivity index (χ4v) is 1.43. The summed E-state index contributed by atoms with van der Waals surface area (Å²) in [5, 5.41) is 8.80. The largest absolute Gasteiger partial charge is 0.490 e. The van der Waals surface area contributed by atoms with Crippen LogP contribution < -0.4 is 4.74 Å². The summed E-state index contributed by atoms with van der Waals surface area (Å²) in [7, 11) is 0. The van der Waals surface area contributed by atoms with Crippen LogP contribution in [0.3, 0.4) is 0 Å². The first-order valence-corrected chi connectivity index (χ1v) is 5.38. The van der Waals surface area contributed by atoms with Gasteiger partial charge in [0, 0.05) is 0 Å². The summed E-state index contributed by atoms with van der Waals surface area (Å²) < 4.78 is 5.83. The molecule has 0 atom stereocenters. The summed E-state index contributed by atoms with van der Waals surface area (Å²) in [4.78, 5) is 0. The Morgan fingerprint density at radius 3 is 2.53 bits per heavy atom. The fraction of sp³-hybridized carbons (Fsp3) is 0.462. The van der Waals surface area contributed by atoms with Crippen molar-refractivity contribution < 1.29 is 4.74 Å². The van der Waals surface area contributed by atoms with Crippen LogP contribution in [0.2, 0.25) is 0 Å². The highest BCUT2D eigenvalue weighted by molar-refractivity contribution is 5.41. The lowest BCUT2D eigenvalue weighted by molar-refractivity contribution is 0.191. The van der Waals surface area contributed by atoms with Crippen molar-refractivity contribution in [3.8, 4) is 11.8 Å². The molecule has 0 amide bonds. The van der Waals surface area contributed by atoms with Crippen molar-refractivity contribution in [2.45, 2.75) is 39.7 Å².